The van der Waals surface area contributed by atoms with Crippen molar-refractivity contribution in [3.63, 3.8) is 0 Å². The Bertz CT molecular complexity index is 1150. The van der Waals surface area contributed by atoms with Crippen molar-refractivity contribution in [1.82, 2.24) is 25.0 Å². The summed E-state index contributed by atoms with van der Waals surface area (Å²) in [5.41, 5.74) is 5.35. The maximum absolute atomic E-state index is 12.5. The number of ether oxygens (including phenoxy) is 1. The van der Waals surface area contributed by atoms with E-state index in [1.165, 1.54) is 11.3 Å². The molecule has 1 aliphatic heterocycles. The van der Waals surface area contributed by atoms with E-state index in [4.69, 9.17) is 4.74 Å². The van der Waals surface area contributed by atoms with Crippen molar-refractivity contribution >= 4 is 22.6 Å². The second-order valence-corrected chi connectivity index (χ2v) is 9.42. The second-order valence-electron chi connectivity index (χ2n) is 9.42. The van der Waals surface area contributed by atoms with Crippen molar-refractivity contribution in [1.29, 1.82) is 0 Å². The number of piperazine rings is 1. The lowest BCUT2D eigenvalue weighted by molar-refractivity contribution is -0.123. The van der Waals surface area contributed by atoms with Crippen LogP contribution in [0.2, 0.25) is 0 Å². The van der Waals surface area contributed by atoms with Gasteiger partial charge in [0.1, 0.15) is 0 Å². The van der Waals surface area contributed by atoms with Gasteiger partial charge in [0.15, 0.2) is 12.3 Å². The van der Waals surface area contributed by atoms with Crippen LogP contribution in [0.25, 0.3) is 11.0 Å². The summed E-state index contributed by atoms with van der Waals surface area (Å²) in [6.45, 7) is 13.2. The largest absolute Gasteiger partial charge is 0.466 e. The van der Waals surface area contributed by atoms with Crippen LogP contribution in [0.5, 0.6) is 5.88 Å². The molecule has 8 nitrogen and oxygen atoms in total. The highest BCUT2D eigenvalue weighted by Gasteiger charge is 2.19. The third-order valence-electron chi connectivity index (χ3n) is 6.45. The molecule has 0 spiro atoms. The maximum Gasteiger partial charge on any atom is 0.258 e. The van der Waals surface area contributed by atoms with Gasteiger partial charge in [0, 0.05) is 57.2 Å². The van der Waals surface area contributed by atoms with E-state index in [0.717, 1.165) is 61.4 Å². The number of rotatable bonds is 8. The number of amides is 1. The Kier molecular flexibility index (Phi) is 7.36. The number of aromatic nitrogens is 3. The second kappa shape index (κ2) is 10.4. The van der Waals surface area contributed by atoms with Crippen LogP contribution in [0.4, 0.5) is 5.69 Å². The summed E-state index contributed by atoms with van der Waals surface area (Å²) in [5, 5.41) is 8.33. The van der Waals surface area contributed by atoms with Crippen LogP contribution in [-0.2, 0) is 11.8 Å². The highest BCUT2D eigenvalue weighted by molar-refractivity contribution is 5.85. The monoisotopic (exact) mass is 464 g/mol. The molecule has 8 heteroatoms. The van der Waals surface area contributed by atoms with Crippen LogP contribution in [0.15, 0.2) is 30.3 Å². The van der Waals surface area contributed by atoms with Gasteiger partial charge in [0.05, 0.1) is 5.39 Å². The number of aryl methyl sites for hydroxylation is 4. The fraction of sp³-hybridized carbons (Fsp3) is 0.500. The predicted octanol–water partition coefficient (Wildman–Crippen LogP) is 2.99. The quantitative estimate of drug-likeness (QED) is 0.552. The third kappa shape index (κ3) is 5.67. The van der Waals surface area contributed by atoms with E-state index in [-0.39, 0.29) is 18.6 Å². The smallest absolute Gasteiger partial charge is 0.258 e. The number of nitrogens with one attached hydrogen (secondary N) is 1. The Hall–Kier alpha value is -3.13. The van der Waals surface area contributed by atoms with Gasteiger partial charge in [-0.3, -0.25) is 9.69 Å². The normalized spacial score (nSPS) is 15.5. The van der Waals surface area contributed by atoms with Gasteiger partial charge in [-0.05, 0) is 63.4 Å². The highest BCUT2D eigenvalue weighted by Crippen LogP contribution is 2.27. The molecule has 4 rings (SSSR count). The molecule has 3 heterocycles. The van der Waals surface area contributed by atoms with E-state index in [2.05, 4.69) is 56.4 Å². The lowest BCUT2D eigenvalue weighted by atomic mass is 10.1. The molecular weight excluding hydrogens is 428 g/mol. The summed E-state index contributed by atoms with van der Waals surface area (Å²) in [6, 6.07) is 10.8. The van der Waals surface area contributed by atoms with Gasteiger partial charge in [-0.25, -0.2) is 9.67 Å². The molecule has 3 aromatic rings. The van der Waals surface area contributed by atoms with E-state index >= 15 is 0 Å². The Labute approximate surface area is 201 Å². The lowest BCUT2D eigenvalue weighted by Gasteiger charge is -2.36. The number of nitrogens with zero attached hydrogens (tertiary/aromatic N) is 5. The van der Waals surface area contributed by atoms with Gasteiger partial charge in [0.2, 0.25) is 5.88 Å². The van der Waals surface area contributed by atoms with Crippen LogP contribution < -0.4 is 15.0 Å². The molecule has 182 valence electrons. The fourth-order valence-corrected chi connectivity index (χ4v) is 4.60. The Balaban J connectivity index is 1.20. The minimum Gasteiger partial charge on any atom is -0.466 e. The molecule has 0 bridgehead atoms. The van der Waals surface area contributed by atoms with Gasteiger partial charge < -0.3 is 15.0 Å². The molecule has 1 amide bonds. The number of carbonyl (C=O) groups is 1. The maximum atomic E-state index is 12.5. The van der Waals surface area contributed by atoms with Gasteiger partial charge in [-0.1, -0.05) is 12.1 Å². The average molecular weight is 465 g/mol. The highest BCUT2D eigenvalue weighted by atomic mass is 16.5. The zero-order valence-electron chi connectivity index (χ0n) is 21.0. The van der Waals surface area contributed by atoms with E-state index in [0.29, 0.717) is 5.88 Å². The Morgan fingerprint density at radius 2 is 1.91 bits per heavy atom. The van der Waals surface area contributed by atoms with Gasteiger partial charge in [-0.15, -0.1) is 5.10 Å². The number of hydrogen-bond acceptors (Lipinski definition) is 6. The van der Waals surface area contributed by atoms with Crippen LogP contribution >= 0.6 is 0 Å². The van der Waals surface area contributed by atoms with Crippen molar-refractivity contribution in [2.24, 2.45) is 7.05 Å². The molecule has 1 unspecified atom stereocenters. The van der Waals surface area contributed by atoms with Crippen LogP contribution in [-0.4, -0.2) is 70.9 Å². The molecule has 1 aromatic carbocycles. The molecule has 1 aliphatic rings. The van der Waals surface area contributed by atoms with E-state index in [1.54, 1.807) is 4.68 Å². The van der Waals surface area contributed by atoms with Crippen molar-refractivity contribution in [2.75, 3.05) is 44.2 Å². The SMILES string of the molecule is Cc1cccc(N2CCN(CCC(C)NC(=O)COc3nn(C)c4nc(C)cc(C)c34)CC2)c1. The van der Waals surface area contributed by atoms with Gasteiger partial charge in [0.25, 0.3) is 5.91 Å². The number of anilines is 1. The average Bonchev–Trinajstić information content (AvgIpc) is 3.12. The molecule has 34 heavy (non-hydrogen) atoms. The minimum absolute atomic E-state index is 0.0566. The summed E-state index contributed by atoms with van der Waals surface area (Å²) in [7, 11) is 1.84. The first-order valence-corrected chi connectivity index (χ1v) is 12.1. The molecule has 2 aromatic heterocycles. The number of carbonyl (C=O) groups excluding carboxylic acids is 1. The summed E-state index contributed by atoms with van der Waals surface area (Å²) < 4.78 is 7.48. The topological polar surface area (TPSA) is 75.5 Å². The molecular formula is C26H36N6O2. The van der Waals surface area contributed by atoms with E-state index in [1.807, 2.05) is 33.9 Å². The summed E-state index contributed by atoms with van der Waals surface area (Å²) >= 11 is 0. The van der Waals surface area contributed by atoms with E-state index in [9.17, 15) is 4.79 Å². The number of pyridine rings is 1. The number of hydrogen-bond donors (Lipinski definition) is 1. The van der Waals surface area contributed by atoms with Gasteiger partial charge in [-0.2, -0.15) is 0 Å². The summed E-state index contributed by atoms with van der Waals surface area (Å²) in [5.74, 6) is 0.324. The van der Waals surface area contributed by atoms with E-state index < -0.39 is 0 Å². The van der Waals surface area contributed by atoms with Gasteiger partial charge >= 0.3 is 0 Å². The zero-order chi connectivity index (χ0) is 24.2. The molecule has 1 atom stereocenters. The van der Waals surface area contributed by atoms with Crippen LogP contribution in [0.1, 0.15) is 30.2 Å². The molecule has 0 radical (unpaired) electrons. The lowest BCUT2D eigenvalue weighted by Crippen LogP contribution is -2.47. The first-order chi connectivity index (χ1) is 16.3. The predicted molar refractivity (Wildman–Crippen MR) is 136 cm³/mol. The van der Waals surface area contributed by atoms with Crippen LogP contribution in [0.3, 0.4) is 0 Å². The summed E-state index contributed by atoms with van der Waals surface area (Å²) in [4.78, 5) is 21.9. The Morgan fingerprint density at radius 3 is 2.65 bits per heavy atom. The van der Waals surface area contributed by atoms with Crippen molar-refractivity contribution in [3.05, 3.63) is 47.2 Å². The van der Waals surface area contributed by atoms with Crippen molar-refractivity contribution in [3.8, 4) is 5.88 Å². The third-order valence-corrected chi connectivity index (χ3v) is 6.45. The Morgan fingerprint density at radius 1 is 1.15 bits per heavy atom. The van der Waals surface area contributed by atoms with Crippen molar-refractivity contribution < 1.29 is 9.53 Å². The number of benzene rings is 1. The minimum atomic E-state index is -0.131. The fourth-order valence-electron chi connectivity index (χ4n) is 4.60. The van der Waals surface area contributed by atoms with Crippen molar-refractivity contribution in [2.45, 2.75) is 40.2 Å². The standard InChI is InChI=1S/C26H36N6O2/c1-18-7-6-8-22(15-18)32-13-11-31(12-14-32)10-9-20(3)27-23(33)17-34-26-24-19(2)16-21(4)28-25(24)30(5)29-26/h6-8,15-16,20H,9-14,17H2,1-5H3,(H,27,33). The molecule has 0 aliphatic carbocycles. The number of fused-ring (bicyclic) bond motifs is 1. The molecule has 1 saturated heterocycles. The summed E-state index contributed by atoms with van der Waals surface area (Å²) in [6.07, 6.45) is 0.908. The van der Waals surface area contributed by atoms with Crippen LogP contribution in [0, 0.1) is 20.8 Å². The molecule has 0 saturated carbocycles. The first-order valence-electron chi connectivity index (χ1n) is 12.1. The molecule has 1 N–H and O–H groups in total. The zero-order valence-corrected chi connectivity index (χ0v) is 21.0. The first kappa shape index (κ1) is 24.0. The molecule has 1 fully saturated rings.